The largest absolute Gasteiger partial charge is 0.352 e. The number of halogens is 2. The summed E-state index contributed by atoms with van der Waals surface area (Å²) in [5.41, 5.74) is 2.04. The Kier molecular flexibility index (Phi) is 10.7. The van der Waals surface area contributed by atoms with Gasteiger partial charge in [0.15, 0.2) is 0 Å². The van der Waals surface area contributed by atoms with Crippen molar-refractivity contribution in [2.24, 2.45) is 0 Å². The summed E-state index contributed by atoms with van der Waals surface area (Å²) in [7, 11) is 0. The minimum Gasteiger partial charge on any atom is -0.352 e. The molecular weight excluding hydrogens is 451 g/mol. The Hall–Kier alpha value is -1.69. The molecule has 0 heterocycles. The van der Waals surface area contributed by atoms with E-state index >= 15 is 0 Å². The fourth-order valence-corrected chi connectivity index (χ4v) is 4.19. The number of hydrogen-bond donors (Lipinski definition) is 1. The number of rotatable bonds is 11. The predicted octanol–water partition coefficient (Wildman–Crippen LogP) is 5.95. The van der Waals surface area contributed by atoms with E-state index < -0.39 is 6.04 Å². The summed E-state index contributed by atoms with van der Waals surface area (Å²) in [4.78, 5) is 27.8. The standard InChI is InChI=1S/C24H30Cl2N2O2S/c1-4-17(3)27-24(30)22(5-2)28(14-18-6-10-20(25)11-7-18)23(29)16-31-15-19-8-12-21(26)13-9-19/h6-13,17,22H,4-5,14-16H2,1-3H3,(H,27,30). The molecule has 0 saturated carbocycles. The topological polar surface area (TPSA) is 49.4 Å². The van der Waals surface area contributed by atoms with Gasteiger partial charge in [-0.15, -0.1) is 11.8 Å². The highest BCUT2D eigenvalue weighted by molar-refractivity contribution is 7.99. The summed E-state index contributed by atoms with van der Waals surface area (Å²) in [6.45, 7) is 6.29. The van der Waals surface area contributed by atoms with E-state index in [9.17, 15) is 9.59 Å². The maximum absolute atomic E-state index is 13.2. The van der Waals surface area contributed by atoms with E-state index in [-0.39, 0.29) is 17.9 Å². The van der Waals surface area contributed by atoms with Gasteiger partial charge in [0.1, 0.15) is 6.04 Å². The Morgan fingerprint density at radius 1 is 0.935 bits per heavy atom. The van der Waals surface area contributed by atoms with Gasteiger partial charge >= 0.3 is 0 Å². The maximum atomic E-state index is 13.2. The third kappa shape index (κ3) is 8.40. The highest BCUT2D eigenvalue weighted by Crippen LogP contribution is 2.19. The van der Waals surface area contributed by atoms with Crippen molar-refractivity contribution in [1.29, 1.82) is 0 Å². The molecule has 2 aromatic carbocycles. The molecule has 0 aliphatic heterocycles. The second-order valence-corrected chi connectivity index (χ2v) is 9.37. The van der Waals surface area contributed by atoms with Gasteiger partial charge in [-0.2, -0.15) is 0 Å². The van der Waals surface area contributed by atoms with Gasteiger partial charge in [-0.05, 0) is 55.2 Å². The summed E-state index contributed by atoms with van der Waals surface area (Å²) < 4.78 is 0. The summed E-state index contributed by atoms with van der Waals surface area (Å²) in [5, 5.41) is 4.36. The zero-order chi connectivity index (χ0) is 22.8. The summed E-state index contributed by atoms with van der Waals surface area (Å²) >= 11 is 13.5. The van der Waals surface area contributed by atoms with Gasteiger partial charge in [-0.3, -0.25) is 9.59 Å². The molecule has 1 N–H and O–H groups in total. The zero-order valence-corrected chi connectivity index (χ0v) is 20.6. The number of carbonyl (C=O) groups is 2. The second-order valence-electron chi connectivity index (χ2n) is 7.51. The molecular formula is C24H30Cl2N2O2S. The van der Waals surface area contributed by atoms with Crippen LogP contribution in [0.4, 0.5) is 0 Å². The van der Waals surface area contributed by atoms with E-state index in [0.717, 1.165) is 17.5 Å². The molecule has 4 nitrogen and oxygen atoms in total. The van der Waals surface area contributed by atoms with Gasteiger partial charge < -0.3 is 10.2 Å². The van der Waals surface area contributed by atoms with E-state index in [4.69, 9.17) is 23.2 Å². The van der Waals surface area contributed by atoms with Gasteiger partial charge in [0.2, 0.25) is 11.8 Å². The van der Waals surface area contributed by atoms with Crippen molar-refractivity contribution in [3.8, 4) is 0 Å². The number of hydrogen-bond acceptors (Lipinski definition) is 3. The molecule has 2 rings (SSSR count). The van der Waals surface area contributed by atoms with Crippen molar-refractivity contribution >= 4 is 46.8 Å². The van der Waals surface area contributed by atoms with Crippen LogP contribution in [0.1, 0.15) is 44.7 Å². The monoisotopic (exact) mass is 480 g/mol. The molecule has 2 amide bonds. The normalized spacial score (nSPS) is 12.8. The third-order valence-electron chi connectivity index (χ3n) is 5.06. The number of thioether (sulfide) groups is 1. The Morgan fingerprint density at radius 2 is 1.48 bits per heavy atom. The predicted molar refractivity (Wildman–Crippen MR) is 132 cm³/mol. The van der Waals surface area contributed by atoms with Crippen LogP contribution in [0.3, 0.4) is 0 Å². The fourth-order valence-electron chi connectivity index (χ4n) is 3.07. The first-order valence-corrected chi connectivity index (χ1v) is 12.4. The van der Waals surface area contributed by atoms with E-state index in [1.807, 2.05) is 57.2 Å². The molecule has 0 bridgehead atoms. The van der Waals surface area contributed by atoms with Crippen LogP contribution in [0.15, 0.2) is 48.5 Å². The van der Waals surface area contributed by atoms with Crippen molar-refractivity contribution in [1.82, 2.24) is 10.2 Å². The van der Waals surface area contributed by atoms with Gasteiger partial charge in [0.25, 0.3) is 0 Å². The SMILES string of the molecule is CCC(C)NC(=O)C(CC)N(Cc1ccc(Cl)cc1)C(=O)CSCc1ccc(Cl)cc1. The van der Waals surface area contributed by atoms with Crippen LogP contribution < -0.4 is 5.32 Å². The van der Waals surface area contributed by atoms with E-state index in [2.05, 4.69) is 5.32 Å². The molecule has 0 aromatic heterocycles. The molecule has 168 valence electrons. The molecule has 0 saturated heterocycles. The highest BCUT2D eigenvalue weighted by atomic mass is 35.5. The van der Waals surface area contributed by atoms with Crippen LogP contribution in [0.2, 0.25) is 10.0 Å². The number of benzene rings is 2. The lowest BCUT2D eigenvalue weighted by Crippen LogP contribution is -2.51. The molecule has 2 aromatic rings. The molecule has 0 radical (unpaired) electrons. The van der Waals surface area contributed by atoms with Crippen molar-refractivity contribution in [2.75, 3.05) is 5.75 Å². The third-order valence-corrected chi connectivity index (χ3v) is 6.55. The van der Waals surface area contributed by atoms with E-state index in [1.165, 1.54) is 11.8 Å². The van der Waals surface area contributed by atoms with Crippen molar-refractivity contribution < 1.29 is 9.59 Å². The van der Waals surface area contributed by atoms with Crippen LogP contribution in [0, 0.1) is 0 Å². The highest BCUT2D eigenvalue weighted by Gasteiger charge is 2.29. The van der Waals surface area contributed by atoms with Crippen LogP contribution in [-0.2, 0) is 21.9 Å². The smallest absolute Gasteiger partial charge is 0.243 e. The molecule has 2 atom stereocenters. The molecule has 0 aliphatic carbocycles. The minimum absolute atomic E-state index is 0.0555. The number of carbonyl (C=O) groups excluding carboxylic acids is 2. The zero-order valence-electron chi connectivity index (χ0n) is 18.2. The Labute approximate surface area is 199 Å². The van der Waals surface area contributed by atoms with Gasteiger partial charge in [0.05, 0.1) is 5.75 Å². The van der Waals surface area contributed by atoms with Gasteiger partial charge in [0, 0.05) is 28.4 Å². The molecule has 0 spiro atoms. The minimum atomic E-state index is -0.520. The number of amides is 2. The van der Waals surface area contributed by atoms with Crippen molar-refractivity contribution in [2.45, 2.75) is 58.0 Å². The van der Waals surface area contributed by atoms with Crippen molar-refractivity contribution in [3.63, 3.8) is 0 Å². The van der Waals surface area contributed by atoms with Crippen molar-refractivity contribution in [3.05, 3.63) is 69.7 Å². The molecule has 7 heteroatoms. The first-order valence-electron chi connectivity index (χ1n) is 10.5. The molecule has 0 fully saturated rings. The van der Waals surface area contributed by atoms with Gasteiger partial charge in [-0.1, -0.05) is 61.3 Å². The summed E-state index contributed by atoms with van der Waals surface area (Å²) in [5.74, 6) is 0.832. The lowest BCUT2D eigenvalue weighted by molar-refractivity contribution is -0.139. The Morgan fingerprint density at radius 3 is 2.00 bits per heavy atom. The lowest BCUT2D eigenvalue weighted by Gasteiger charge is -2.31. The first-order chi connectivity index (χ1) is 14.8. The average Bonchev–Trinajstić information content (AvgIpc) is 2.76. The summed E-state index contributed by atoms with van der Waals surface area (Å²) in [6.07, 6.45) is 1.38. The van der Waals surface area contributed by atoms with Crippen LogP contribution >= 0.6 is 35.0 Å². The van der Waals surface area contributed by atoms with Crippen LogP contribution in [0.25, 0.3) is 0 Å². The summed E-state index contributed by atoms with van der Waals surface area (Å²) in [6, 6.07) is 14.5. The fraction of sp³-hybridized carbons (Fsp3) is 0.417. The van der Waals surface area contributed by atoms with Crippen LogP contribution in [0.5, 0.6) is 0 Å². The van der Waals surface area contributed by atoms with E-state index in [0.29, 0.717) is 34.5 Å². The average molecular weight is 481 g/mol. The maximum Gasteiger partial charge on any atom is 0.243 e. The number of nitrogens with one attached hydrogen (secondary N) is 1. The van der Waals surface area contributed by atoms with Gasteiger partial charge in [-0.25, -0.2) is 0 Å². The lowest BCUT2D eigenvalue weighted by atomic mass is 10.1. The molecule has 2 unspecified atom stereocenters. The molecule has 0 aliphatic rings. The van der Waals surface area contributed by atoms with E-state index in [1.54, 1.807) is 17.0 Å². The Bertz CT molecular complexity index is 844. The Balaban J connectivity index is 2.12. The first kappa shape index (κ1) is 25.6. The second kappa shape index (κ2) is 13.0. The number of nitrogens with zero attached hydrogens (tertiary/aromatic N) is 1. The van der Waals surface area contributed by atoms with Crippen LogP contribution in [-0.4, -0.2) is 34.6 Å². The molecule has 31 heavy (non-hydrogen) atoms. The quantitative estimate of drug-likeness (QED) is 0.432.